The number of urea groups is 1. The fourth-order valence-electron chi connectivity index (χ4n) is 1.52. The van der Waals surface area contributed by atoms with Gasteiger partial charge in [-0.3, -0.25) is 0 Å². The van der Waals surface area contributed by atoms with Crippen molar-refractivity contribution in [2.75, 3.05) is 16.8 Å². The number of thioether (sulfide) groups is 1. The maximum atomic E-state index is 11.5. The van der Waals surface area contributed by atoms with E-state index in [4.69, 9.17) is 0 Å². The molecule has 1 aromatic rings. The minimum absolute atomic E-state index is 0.103. The summed E-state index contributed by atoms with van der Waals surface area (Å²) >= 11 is 1.89. The van der Waals surface area contributed by atoms with Crippen LogP contribution in [-0.2, 0) is 0 Å². The molecule has 1 saturated heterocycles. The molecule has 0 spiro atoms. The average Bonchev–Trinajstić information content (AvgIpc) is 2.71. The second-order valence-corrected chi connectivity index (χ2v) is 4.67. The number of carbonyl (C=O) groups excluding carboxylic acids is 1. The number of hydrogen-bond donors (Lipinski definition) is 2. The van der Waals surface area contributed by atoms with Gasteiger partial charge in [0.05, 0.1) is 0 Å². The Hall–Kier alpha value is -1.16. The predicted molar refractivity (Wildman–Crippen MR) is 64.3 cm³/mol. The number of amides is 2. The minimum Gasteiger partial charge on any atom is -0.334 e. The highest BCUT2D eigenvalue weighted by atomic mass is 32.2. The van der Waals surface area contributed by atoms with Gasteiger partial charge in [-0.25, -0.2) is 4.79 Å². The lowest BCUT2D eigenvalue weighted by Gasteiger charge is -2.12. The molecule has 0 aromatic heterocycles. The van der Waals surface area contributed by atoms with Gasteiger partial charge in [0, 0.05) is 17.5 Å². The maximum Gasteiger partial charge on any atom is 0.319 e. The van der Waals surface area contributed by atoms with E-state index in [0.717, 1.165) is 23.6 Å². The Kier molecular flexibility index (Phi) is 3.50. The summed E-state index contributed by atoms with van der Waals surface area (Å²) in [4.78, 5) is 11.5. The summed E-state index contributed by atoms with van der Waals surface area (Å²) in [6.45, 7) is 0. The van der Waals surface area contributed by atoms with Gasteiger partial charge in [0.2, 0.25) is 0 Å². The molecule has 1 aromatic carbocycles. The first-order valence-corrected chi connectivity index (χ1v) is 6.20. The first-order chi connectivity index (χ1) is 7.34. The van der Waals surface area contributed by atoms with E-state index < -0.39 is 0 Å². The molecule has 0 radical (unpaired) electrons. The van der Waals surface area contributed by atoms with Crippen molar-refractivity contribution in [3.8, 4) is 0 Å². The fourth-order valence-corrected chi connectivity index (χ4v) is 2.67. The second kappa shape index (κ2) is 5.07. The zero-order valence-corrected chi connectivity index (χ0v) is 9.22. The molecule has 1 fully saturated rings. The lowest BCUT2D eigenvalue weighted by molar-refractivity contribution is 0.249. The Morgan fingerprint density at radius 3 is 2.80 bits per heavy atom. The smallest absolute Gasteiger partial charge is 0.319 e. The second-order valence-electron chi connectivity index (χ2n) is 3.53. The number of para-hydroxylation sites is 1. The van der Waals surface area contributed by atoms with Crippen LogP contribution in [0, 0.1) is 0 Å². The molecule has 2 rings (SSSR count). The Balaban J connectivity index is 1.82. The Labute approximate surface area is 93.6 Å². The summed E-state index contributed by atoms with van der Waals surface area (Å²) in [6, 6.07) is 9.72. The predicted octanol–water partition coefficient (Wildman–Crippen LogP) is 2.31. The third kappa shape index (κ3) is 3.16. The summed E-state index contributed by atoms with van der Waals surface area (Å²) in [6.07, 6.45) is 1.08. The van der Waals surface area contributed by atoms with E-state index in [1.807, 2.05) is 42.1 Å². The van der Waals surface area contributed by atoms with Gasteiger partial charge in [0.1, 0.15) is 0 Å². The van der Waals surface area contributed by atoms with Gasteiger partial charge >= 0.3 is 6.03 Å². The van der Waals surface area contributed by atoms with Crippen LogP contribution in [-0.4, -0.2) is 23.6 Å². The van der Waals surface area contributed by atoms with E-state index >= 15 is 0 Å². The van der Waals surface area contributed by atoms with Crippen LogP contribution in [0.25, 0.3) is 0 Å². The van der Waals surface area contributed by atoms with E-state index in [2.05, 4.69) is 10.6 Å². The van der Waals surface area contributed by atoms with Crippen molar-refractivity contribution >= 4 is 23.5 Å². The van der Waals surface area contributed by atoms with Crippen LogP contribution in [0.15, 0.2) is 30.3 Å². The number of hydrogen-bond acceptors (Lipinski definition) is 2. The minimum atomic E-state index is -0.103. The zero-order chi connectivity index (χ0) is 10.5. The summed E-state index contributed by atoms with van der Waals surface area (Å²) < 4.78 is 0. The van der Waals surface area contributed by atoms with Gasteiger partial charge in [0.25, 0.3) is 0 Å². The molecule has 0 saturated carbocycles. The molecule has 0 unspecified atom stereocenters. The molecule has 1 atom stereocenters. The monoisotopic (exact) mass is 222 g/mol. The Morgan fingerprint density at radius 1 is 1.33 bits per heavy atom. The van der Waals surface area contributed by atoms with Crippen molar-refractivity contribution in [1.82, 2.24) is 5.32 Å². The van der Waals surface area contributed by atoms with E-state index in [1.165, 1.54) is 0 Å². The molecule has 3 nitrogen and oxygen atoms in total. The largest absolute Gasteiger partial charge is 0.334 e. The summed E-state index contributed by atoms with van der Waals surface area (Å²) in [7, 11) is 0. The fraction of sp³-hybridized carbons (Fsp3) is 0.364. The van der Waals surface area contributed by atoms with E-state index in [0.29, 0.717) is 6.04 Å². The lowest BCUT2D eigenvalue weighted by Crippen LogP contribution is -2.37. The van der Waals surface area contributed by atoms with Crippen LogP contribution in [0.2, 0.25) is 0 Å². The molecule has 2 amide bonds. The molecule has 0 bridgehead atoms. The summed E-state index contributed by atoms with van der Waals surface area (Å²) in [5, 5.41) is 5.77. The molecule has 1 aliphatic heterocycles. The molecule has 1 heterocycles. The third-order valence-electron chi connectivity index (χ3n) is 2.30. The number of carbonyl (C=O) groups is 1. The van der Waals surface area contributed by atoms with Gasteiger partial charge in [-0.1, -0.05) is 18.2 Å². The van der Waals surface area contributed by atoms with Gasteiger partial charge < -0.3 is 10.6 Å². The van der Waals surface area contributed by atoms with Crippen LogP contribution >= 0.6 is 11.8 Å². The Morgan fingerprint density at radius 2 is 2.13 bits per heavy atom. The summed E-state index contributed by atoms with van der Waals surface area (Å²) in [5.74, 6) is 2.18. The molecule has 1 aliphatic rings. The number of rotatable bonds is 2. The van der Waals surface area contributed by atoms with Gasteiger partial charge in [0.15, 0.2) is 0 Å². The zero-order valence-electron chi connectivity index (χ0n) is 8.40. The van der Waals surface area contributed by atoms with Crippen LogP contribution in [0.1, 0.15) is 6.42 Å². The molecule has 4 heteroatoms. The van der Waals surface area contributed by atoms with E-state index in [-0.39, 0.29) is 6.03 Å². The molecular weight excluding hydrogens is 208 g/mol. The SMILES string of the molecule is O=C(Nc1ccccc1)N[C@@H]1CCSC1. The quantitative estimate of drug-likeness (QED) is 0.806. The molecule has 0 aliphatic carbocycles. The van der Waals surface area contributed by atoms with E-state index in [1.54, 1.807) is 0 Å². The lowest BCUT2D eigenvalue weighted by atomic mass is 10.3. The molecule has 80 valence electrons. The molecular formula is C11H14N2OS. The van der Waals surface area contributed by atoms with Crippen molar-refractivity contribution in [3.05, 3.63) is 30.3 Å². The highest BCUT2D eigenvalue weighted by molar-refractivity contribution is 7.99. The standard InChI is InChI=1S/C11H14N2OS/c14-11(13-10-6-7-15-8-10)12-9-4-2-1-3-5-9/h1-5,10H,6-8H2,(H2,12,13,14)/t10-/m1/s1. The van der Waals surface area contributed by atoms with Crippen molar-refractivity contribution < 1.29 is 4.79 Å². The summed E-state index contributed by atoms with van der Waals surface area (Å²) in [5.41, 5.74) is 0.834. The van der Waals surface area contributed by atoms with Gasteiger partial charge in [-0.15, -0.1) is 0 Å². The molecule has 15 heavy (non-hydrogen) atoms. The van der Waals surface area contributed by atoms with Crippen molar-refractivity contribution in [2.24, 2.45) is 0 Å². The Bertz CT molecular complexity index is 323. The van der Waals surface area contributed by atoms with Crippen LogP contribution in [0.3, 0.4) is 0 Å². The first kappa shape index (κ1) is 10.4. The van der Waals surface area contributed by atoms with Crippen molar-refractivity contribution in [3.63, 3.8) is 0 Å². The van der Waals surface area contributed by atoms with Crippen LogP contribution in [0.5, 0.6) is 0 Å². The number of anilines is 1. The highest BCUT2D eigenvalue weighted by Gasteiger charge is 2.17. The third-order valence-corrected chi connectivity index (χ3v) is 3.46. The number of benzene rings is 1. The first-order valence-electron chi connectivity index (χ1n) is 5.05. The average molecular weight is 222 g/mol. The highest BCUT2D eigenvalue weighted by Crippen LogP contribution is 2.17. The van der Waals surface area contributed by atoms with Crippen molar-refractivity contribution in [2.45, 2.75) is 12.5 Å². The van der Waals surface area contributed by atoms with Crippen LogP contribution in [0.4, 0.5) is 10.5 Å². The van der Waals surface area contributed by atoms with Gasteiger partial charge in [-0.2, -0.15) is 11.8 Å². The van der Waals surface area contributed by atoms with Crippen LogP contribution < -0.4 is 10.6 Å². The van der Waals surface area contributed by atoms with Gasteiger partial charge in [-0.05, 0) is 24.3 Å². The van der Waals surface area contributed by atoms with E-state index in [9.17, 15) is 4.79 Å². The van der Waals surface area contributed by atoms with Crippen molar-refractivity contribution in [1.29, 1.82) is 0 Å². The topological polar surface area (TPSA) is 41.1 Å². The molecule has 2 N–H and O–H groups in total. The maximum absolute atomic E-state index is 11.5. The normalized spacial score (nSPS) is 19.9. The number of nitrogens with one attached hydrogen (secondary N) is 2.